The van der Waals surface area contributed by atoms with Crippen LogP contribution in [0.3, 0.4) is 0 Å². The van der Waals surface area contributed by atoms with Crippen molar-refractivity contribution in [2.24, 2.45) is 10.4 Å². The number of nitrogens with zero attached hydrogens (tertiary/aromatic N) is 4. The van der Waals surface area contributed by atoms with Gasteiger partial charge >= 0.3 is 0 Å². The van der Waals surface area contributed by atoms with Crippen LogP contribution in [0.5, 0.6) is 0 Å². The minimum Gasteiger partial charge on any atom is -0.382 e. The Kier molecular flexibility index (Phi) is 10.0. The second kappa shape index (κ2) is 12.0. The van der Waals surface area contributed by atoms with Gasteiger partial charge in [0, 0.05) is 65.6 Å². The summed E-state index contributed by atoms with van der Waals surface area (Å²) in [5.41, 5.74) is 1.38. The van der Waals surface area contributed by atoms with E-state index in [0.717, 1.165) is 70.6 Å². The zero-order chi connectivity index (χ0) is 19.0. The van der Waals surface area contributed by atoms with Crippen molar-refractivity contribution in [2.75, 3.05) is 53.0 Å². The molecule has 8 heteroatoms. The molecule has 3 rings (SSSR count). The quantitative estimate of drug-likeness (QED) is 0.254. The number of guanidine groups is 1. The molecule has 0 aromatic carbocycles. The minimum atomic E-state index is 0. The molecule has 1 aromatic rings. The normalized spacial score (nSPS) is 20.2. The summed E-state index contributed by atoms with van der Waals surface area (Å²) in [6, 6.07) is 1.94. The minimum absolute atomic E-state index is 0. The van der Waals surface area contributed by atoms with Crippen molar-refractivity contribution in [1.82, 2.24) is 20.3 Å². The van der Waals surface area contributed by atoms with Crippen LogP contribution in [0.25, 0.3) is 0 Å². The van der Waals surface area contributed by atoms with Crippen LogP contribution in [0.2, 0.25) is 0 Å². The van der Waals surface area contributed by atoms with E-state index in [4.69, 9.17) is 9.26 Å². The number of aromatic nitrogens is 1. The Morgan fingerprint density at radius 1 is 1.29 bits per heavy atom. The molecular weight excluding hydrogens is 469 g/mol. The maximum Gasteiger partial charge on any atom is 0.193 e. The van der Waals surface area contributed by atoms with E-state index < -0.39 is 0 Å². The van der Waals surface area contributed by atoms with Crippen LogP contribution in [0.15, 0.2) is 21.8 Å². The maximum absolute atomic E-state index is 5.64. The van der Waals surface area contributed by atoms with E-state index >= 15 is 0 Å². The third-order valence-electron chi connectivity index (χ3n) is 6.03. The molecule has 0 amide bonds. The molecule has 0 unspecified atom stereocenters. The molecule has 1 aromatic heterocycles. The van der Waals surface area contributed by atoms with Gasteiger partial charge in [-0.15, -0.1) is 24.0 Å². The summed E-state index contributed by atoms with van der Waals surface area (Å²) in [5, 5.41) is 7.70. The second-order valence-electron chi connectivity index (χ2n) is 7.81. The number of aliphatic imine (C=N–C) groups is 1. The van der Waals surface area contributed by atoms with Crippen molar-refractivity contribution >= 4 is 29.9 Å². The van der Waals surface area contributed by atoms with Gasteiger partial charge in [0.1, 0.15) is 6.26 Å². The third kappa shape index (κ3) is 6.59. The van der Waals surface area contributed by atoms with Crippen LogP contribution in [-0.4, -0.2) is 73.9 Å². The Bertz CT molecular complexity index is 567. The van der Waals surface area contributed by atoms with Crippen molar-refractivity contribution in [3.63, 3.8) is 0 Å². The lowest BCUT2D eigenvalue weighted by Crippen LogP contribution is -2.53. The molecule has 1 aliphatic carbocycles. The molecule has 2 fully saturated rings. The molecule has 1 N–H and O–H groups in total. The number of hydrogen-bond donors (Lipinski definition) is 1. The number of ether oxygens (including phenoxy) is 1. The summed E-state index contributed by atoms with van der Waals surface area (Å²) >= 11 is 0. The van der Waals surface area contributed by atoms with Crippen LogP contribution in [0.4, 0.5) is 0 Å². The summed E-state index contributed by atoms with van der Waals surface area (Å²) in [5.74, 6) is 1.04. The largest absolute Gasteiger partial charge is 0.382 e. The van der Waals surface area contributed by atoms with E-state index in [-0.39, 0.29) is 24.0 Å². The van der Waals surface area contributed by atoms with Crippen LogP contribution in [-0.2, 0) is 11.3 Å². The maximum atomic E-state index is 5.64. The molecule has 0 bridgehead atoms. The number of hydrogen-bond acceptors (Lipinski definition) is 5. The lowest BCUT2D eigenvalue weighted by Gasteiger charge is -2.37. The molecular formula is C20H36IN5O2. The van der Waals surface area contributed by atoms with Crippen molar-refractivity contribution in [2.45, 2.75) is 45.6 Å². The molecule has 0 radical (unpaired) electrons. The zero-order valence-corrected chi connectivity index (χ0v) is 19.7. The van der Waals surface area contributed by atoms with E-state index in [1.165, 1.54) is 25.7 Å². The number of piperazine rings is 1. The van der Waals surface area contributed by atoms with Crippen molar-refractivity contribution in [1.29, 1.82) is 0 Å². The topological polar surface area (TPSA) is 66.1 Å². The van der Waals surface area contributed by atoms with Gasteiger partial charge in [-0.1, -0.05) is 18.0 Å². The fourth-order valence-electron chi connectivity index (χ4n) is 4.34. The summed E-state index contributed by atoms with van der Waals surface area (Å²) in [7, 11) is 1.89. The second-order valence-corrected chi connectivity index (χ2v) is 7.81. The van der Waals surface area contributed by atoms with Crippen LogP contribution < -0.4 is 5.32 Å². The van der Waals surface area contributed by atoms with Crippen LogP contribution in [0.1, 0.15) is 44.7 Å². The molecule has 7 nitrogen and oxygen atoms in total. The summed E-state index contributed by atoms with van der Waals surface area (Å²) in [6.07, 6.45) is 8.07. The van der Waals surface area contributed by atoms with Gasteiger partial charge in [0.15, 0.2) is 5.96 Å². The molecule has 2 heterocycles. The van der Waals surface area contributed by atoms with Gasteiger partial charge in [-0.3, -0.25) is 9.89 Å². The van der Waals surface area contributed by atoms with E-state index in [0.29, 0.717) is 5.41 Å². The molecule has 2 aliphatic rings. The highest BCUT2D eigenvalue weighted by molar-refractivity contribution is 14.0. The fourth-order valence-corrected chi connectivity index (χ4v) is 4.34. The highest BCUT2D eigenvalue weighted by Crippen LogP contribution is 2.40. The molecule has 1 aliphatic heterocycles. The van der Waals surface area contributed by atoms with Gasteiger partial charge < -0.3 is 19.5 Å². The number of rotatable bonds is 8. The molecule has 28 heavy (non-hydrogen) atoms. The number of nitrogens with one attached hydrogen (secondary N) is 1. The summed E-state index contributed by atoms with van der Waals surface area (Å²) < 4.78 is 10.6. The highest BCUT2D eigenvalue weighted by Gasteiger charge is 2.34. The first-order valence-electron chi connectivity index (χ1n) is 10.4. The molecule has 160 valence electrons. The van der Waals surface area contributed by atoms with Crippen molar-refractivity contribution < 1.29 is 9.26 Å². The average molecular weight is 505 g/mol. The first kappa shape index (κ1) is 23.4. The SMILES string of the molecule is CCOCCC1(CNC(=NC)N2CCN(Cc3ccon3)CC2)CCCC1.I. The Morgan fingerprint density at radius 3 is 2.64 bits per heavy atom. The monoisotopic (exact) mass is 505 g/mol. The smallest absolute Gasteiger partial charge is 0.193 e. The molecule has 0 spiro atoms. The first-order valence-corrected chi connectivity index (χ1v) is 10.4. The summed E-state index contributed by atoms with van der Waals surface area (Å²) in [4.78, 5) is 9.35. The van der Waals surface area contributed by atoms with Crippen LogP contribution >= 0.6 is 24.0 Å². The lowest BCUT2D eigenvalue weighted by atomic mass is 9.83. The zero-order valence-electron chi connectivity index (χ0n) is 17.4. The van der Waals surface area contributed by atoms with E-state index in [2.05, 4.69) is 32.2 Å². The lowest BCUT2D eigenvalue weighted by molar-refractivity contribution is 0.104. The van der Waals surface area contributed by atoms with Gasteiger partial charge in [0.05, 0.1) is 5.69 Å². The Hall–Kier alpha value is -0.870. The molecule has 1 saturated heterocycles. The predicted octanol–water partition coefficient (Wildman–Crippen LogP) is 2.97. The van der Waals surface area contributed by atoms with Gasteiger partial charge in [-0.05, 0) is 31.6 Å². The van der Waals surface area contributed by atoms with E-state index in [1.807, 2.05) is 13.1 Å². The van der Waals surface area contributed by atoms with Crippen molar-refractivity contribution in [3.8, 4) is 0 Å². The average Bonchev–Trinajstić information content (AvgIpc) is 3.36. The summed E-state index contributed by atoms with van der Waals surface area (Å²) in [6.45, 7) is 9.63. The predicted molar refractivity (Wildman–Crippen MR) is 122 cm³/mol. The van der Waals surface area contributed by atoms with E-state index in [1.54, 1.807) is 6.26 Å². The van der Waals surface area contributed by atoms with Gasteiger partial charge in [0.25, 0.3) is 0 Å². The van der Waals surface area contributed by atoms with Gasteiger partial charge in [-0.2, -0.15) is 0 Å². The Morgan fingerprint density at radius 2 is 2.04 bits per heavy atom. The standard InChI is InChI=1S/C20H35N5O2.HI/c1-3-26-15-9-20(7-4-5-8-20)17-22-19(21-2)25-12-10-24(11-13-25)16-18-6-14-27-23-18;/h6,14H,3-5,7-13,15-17H2,1-2H3,(H,21,22);1H. The molecule has 1 saturated carbocycles. The first-order chi connectivity index (χ1) is 13.2. The van der Waals surface area contributed by atoms with Gasteiger partial charge in [-0.25, -0.2) is 0 Å². The Labute approximate surface area is 186 Å². The fraction of sp³-hybridized carbons (Fsp3) is 0.800. The third-order valence-corrected chi connectivity index (χ3v) is 6.03. The van der Waals surface area contributed by atoms with Crippen molar-refractivity contribution in [3.05, 3.63) is 18.0 Å². The van der Waals surface area contributed by atoms with Crippen LogP contribution in [0, 0.1) is 5.41 Å². The highest BCUT2D eigenvalue weighted by atomic mass is 127. The van der Waals surface area contributed by atoms with Gasteiger partial charge in [0.2, 0.25) is 0 Å². The number of halogens is 1. The van der Waals surface area contributed by atoms with E-state index in [9.17, 15) is 0 Å². The molecule has 0 atom stereocenters. The Balaban J connectivity index is 0.00000280.